The van der Waals surface area contributed by atoms with Crippen molar-refractivity contribution in [1.29, 1.82) is 0 Å². The van der Waals surface area contributed by atoms with E-state index in [1.165, 1.54) is 0 Å². The molecule has 0 saturated heterocycles. The van der Waals surface area contributed by atoms with Gasteiger partial charge in [-0.3, -0.25) is 0 Å². The Morgan fingerprint density at radius 3 is 1.40 bits per heavy atom. The summed E-state index contributed by atoms with van der Waals surface area (Å²) in [6.45, 7) is 7.87. The van der Waals surface area contributed by atoms with Crippen LogP contribution < -0.4 is 5.32 Å². The quantitative estimate of drug-likeness (QED) is 0.471. The van der Waals surface area contributed by atoms with Gasteiger partial charge in [0.05, 0.1) is 0 Å². The van der Waals surface area contributed by atoms with Crippen molar-refractivity contribution in [3.05, 3.63) is 29.1 Å². The van der Waals surface area contributed by atoms with E-state index in [0.29, 0.717) is 0 Å². The molecule has 1 aromatic carbocycles. The maximum Gasteiger partial charge on any atom is 0.200 e. The van der Waals surface area contributed by atoms with E-state index in [9.17, 15) is 22.0 Å². The third-order valence-corrected chi connectivity index (χ3v) is 3.44. The molecule has 0 aromatic heterocycles. The van der Waals surface area contributed by atoms with Gasteiger partial charge in [-0.15, -0.1) is 0 Å². The fourth-order valence-electron chi connectivity index (χ4n) is 2.22. The van der Waals surface area contributed by atoms with Gasteiger partial charge >= 0.3 is 0 Å². The third-order valence-electron chi connectivity index (χ3n) is 3.44. The Morgan fingerprint density at radius 1 is 0.700 bits per heavy atom. The van der Waals surface area contributed by atoms with Gasteiger partial charge in [0, 0.05) is 6.54 Å². The smallest absolute Gasteiger partial charge is 0.200 e. The first-order chi connectivity index (χ1) is 9.18. The molecule has 1 aromatic rings. The van der Waals surface area contributed by atoms with Crippen molar-refractivity contribution < 1.29 is 22.0 Å². The molecular weight excluding hydrogens is 277 g/mol. The second-order valence-electron chi connectivity index (χ2n) is 5.48. The summed E-state index contributed by atoms with van der Waals surface area (Å²) in [4.78, 5) is 0. The van der Waals surface area contributed by atoms with Crippen LogP contribution in [0.15, 0.2) is 0 Å². The Kier molecular flexibility index (Phi) is 5.36. The second kappa shape index (κ2) is 6.41. The number of halogens is 5. The van der Waals surface area contributed by atoms with Crippen LogP contribution in [0.3, 0.4) is 0 Å². The number of nitrogens with one attached hydrogen (secondary N) is 1. The van der Waals surface area contributed by atoms with Crippen molar-refractivity contribution in [2.45, 2.75) is 27.7 Å². The normalized spacial score (nSPS) is 11.8. The highest BCUT2D eigenvalue weighted by Gasteiger charge is 2.26. The van der Waals surface area contributed by atoms with Crippen molar-refractivity contribution in [2.24, 2.45) is 17.8 Å². The van der Waals surface area contributed by atoms with E-state index in [2.05, 4.69) is 5.32 Å². The van der Waals surface area contributed by atoms with Crippen LogP contribution in [0.4, 0.5) is 27.6 Å². The van der Waals surface area contributed by atoms with Crippen molar-refractivity contribution in [1.82, 2.24) is 0 Å². The van der Waals surface area contributed by atoms with Crippen molar-refractivity contribution in [2.75, 3.05) is 11.9 Å². The van der Waals surface area contributed by atoms with Gasteiger partial charge in [0.2, 0.25) is 5.82 Å². The van der Waals surface area contributed by atoms with Crippen molar-refractivity contribution >= 4 is 5.69 Å². The second-order valence-corrected chi connectivity index (χ2v) is 5.48. The topological polar surface area (TPSA) is 12.0 Å². The molecule has 6 heteroatoms. The maximum absolute atomic E-state index is 13.5. The fraction of sp³-hybridized carbons (Fsp3) is 0.571. The van der Waals surface area contributed by atoms with E-state index in [0.717, 1.165) is 0 Å². The molecule has 114 valence electrons. The molecule has 0 atom stereocenters. The van der Waals surface area contributed by atoms with Crippen LogP contribution in [0.2, 0.25) is 0 Å². The first-order valence-electron chi connectivity index (χ1n) is 6.43. The summed E-state index contributed by atoms with van der Waals surface area (Å²) in [7, 11) is 0. The molecule has 0 radical (unpaired) electrons. The first kappa shape index (κ1) is 16.7. The summed E-state index contributed by atoms with van der Waals surface area (Å²) in [5.74, 6) is -9.19. The maximum atomic E-state index is 13.5. The van der Waals surface area contributed by atoms with E-state index in [1.807, 2.05) is 27.7 Å². The van der Waals surface area contributed by atoms with Crippen molar-refractivity contribution in [3.8, 4) is 0 Å². The van der Waals surface area contributed by atoms with Gasteiger partial charge in [0.15, 0.2) is 23.3 Å². The summed E-state index contributed by atoms with van der Waals surface area (Å²) in [5.41, 5.74) is -0.965. The lowest BCUT2D eigenvalue weighted by molar-refractivity contribution is 0.303. The van der Waals surface area contributed by atoms with Crippen LogP contribution in [0.1, 0.15) is 27.7 Å². The molecule has 0 amide bonds. The molecule has 0 aliphatic carbocycles. The molecule has 20 heavy (non-hydrogen) atoms. The molecule has 0 unspecified atom stereocenters. The lowest BCUT2D eigenvalue weighted by atomic mass is 9.85. The zero-order valence-corrected chi connectivity index (χ0v) is 11.8. The van der Waals surface area contributed by atoms with Crippen LogP contribution in [0.25, 0.3) is 0 Å². The Morgan fingerprint density at radius 2 is 1.05 bits per heavy atom. The van der Waals surface area contributed by atoms with Crippen LogP contribution >= 0.6 is 0 Å². The molecule has 0 bridgehead atoms. The zero-order chi connectivity index (χ0) is 15.6. The van der Waals surface area contributed by atoms with Crippen LogP contribution in [0, 0.1) is 46.8 Å². The summed E-state index contributed by atoms with van der Waals surface area (Å²) in [6.07, 6.45) is 0. The Hall–Kier alpha value is -1.33. The number of hydrogen-bond acceptors (Lipinski definition) is 1. The summed E-state index contributed by atoms with van der Waals surface area (Å²) in [5, 5.41) is 2.36. The number of benzene rings is 1. The molecule has 0 heterocycles. The van der Waals surface area contributed by atoms with Crippen molar-refractivity contribution in [3.63, 3.8) is 0 Å². The fourth-order valence-corrected chi connectivity index (χ4v) is 2.22. The molecule has 1 rings (SSSR count). The highest BCUT2D eigenvalue weighted by Crippen LogP contribution is 2.28. The molecule has 1 nitrogen and oxygen atoms in total. The predicted octanol–water partition coefficient (Wildman–Crippen LogP) is 4.72. The van der Waals surface area contributed by atoms with Gasteiger partial charge in [-0.2, -0.15) is 0 Å². The van der Waals surface area contributed by atoms with Gasteiger partial charge in [-0.05, 0) is 17.8 Å². The Balaban J connectivity index is 3.05. The molecule has 0 spiro atoms. The lowest BCUT2D eigenvalue weighted by Gasteiger charge is -2.25. The minimum atomic E-state index is -2.14. The number of hydrogen-bond donors (Lipinski definition) is 1. The minimum Gasteiger partial charge on any atom is -0.380 e. The highest BCUT2D eigenvalue weighted by molar-refractivity contribution is 5.47. The highest BCUT2D eigenvalue weighted by atomic mass is 19.2. The predicted molar refractivity (Wildman–Crippen MR) is 67.9 cm³/mol. The molecular formula is C14H18F5N. The Bertz CT molecular complexity index is 448. The zero-order valence-electron chi connectivity index (χ0n) is 11.8. The molecule has 0 aliphatic heterocycles. The van der Waals surface area contributed by atoms with Crippen LogP contribution in [0.5, 0.6) is 0 Å². The summed E-state index contributed by atoms with van der Waals surface area (Å²) < 4.78 is 65.9. The van der Waals surface area contributed by atoms with E-state index in [4.69, 9.17) is 0 Å². The van der Waals surface area contributed by atoms with Gasteiger partial charge in [-0.1, -0.05) is 27.7 Å². The van der Waals surface area contributed by atoms with E-state index >= 15 is 0 Å². The lowest BCUT2D eigenvalue weighted by Crippen LogP contribution is -2.25. The van der Waals surface area contributed by atoms with E-state index in [-0.39, 0.29) is 24.3 Å². The molecule has 0 fully saturated rings. The van der Waals surface area contributed by atoms with Crippen LogP contribution in [-0.2, 0) is 0 Å². The SMILES string of the molecule is CC(C)C(CNc1c(F)c(F)c(F)c(F)c1F)C(C)C. The monoisotopic (exact) mass is 295 g/mol. The standard InChI is InChI=1S/C14H18F5N/c1-6(2)8(7(3)4)5-20-14-12(18)10(16)9(15)11(17)13(14)19/h6-8,20H,5H2,1-4H3. The summed E-state index contributed by atoms with van der Waals surface area (Å²) >= 11 is 0. The third kappa shape index (κ3) is 3.22. The summed E-state index contributed by atoms with van der Waals surface area (Å²) in [6, 6.07) is 0. The van der Waals surface area contributed by atoms with Gasteiger partial charge < -0.3 is 5.32 Å². The van der Waals surface area contributed by atoms with E-state index < -0.39 is 34.8 Å². The Labute approximate surface area is 115 Å². The number of rotatable bonds is 5. The van der Waals surface area contributed by atoms with Crippen LogP contribution in [-0.4, -0.2) is 6.54 Å². The van der Waals surface area contributed by atoms with Gasteiger partial charge in [0.1, 0.15) is 5.69 Å². The largest absolute Gasteiger partial charge is 0.380 e. The average Bonchev–Trinajstić information content (AvgIpc) is 2.37. The van der Waals surface area contributed by atoms with Gasteiger partial charge in [-0.25, -0.2) is 22.0 Å². The molecule has 1 N–H and O–H groups in total. The minimum absolute atomic E-state index is 0.0463. The first-order valence-corrected chi connectivity index (χ1v) is 6.43. The average molecular weight is 295 g/mol. The molecule has 0 saturated carbocycles. The number of anilines is 1. The molecule has 0 aliphatic rings. The van der Waals surface area contributed by atoms with Gasteiger partial charge in [0.25, 0.3) is 0 Å². The van der Waals surface area contributed by atoms with E-state index in [1.54, 1.807) is 0 Å².